The van der Waals surface area contributed by atoms with Crippen molar-refractivity contribution in [2.24, 2.45) is 13.0 Å². The number of hydrogen-bond acceptors (Lipinski definition) is 3. The Hall–Kier alpha value is -0.910. The van der Waals surface area contributed by atoms with Gasteiger partial charge in [-0.3, -0.25) is 14.8 Å². The van der Waals surface area contributed by atoms with Crippen LogP contribution in [0, 0.1) is 23.0 Å². The molecule has 0 spiro atoms. The lowest BCUT2D eigenvalue weighted by Crippen LogP contribution is -2.10. The molecule has 1 heterocycles. The van der Waals surface area contributed by atoms with E-state index in [4.69, 9.17) is 0 Å². The molecule has 5 nitrogen and oxygen atoms in total. The maximum atomic E-state index is 11.0. The van der Waals surface area contributed by atoms with Gasteiger partial charge in [-0.15, -0.1) is 0 Å². The summed E-state index contributed by atoms with van der Waals surface area (Å²) >= 11 is 3.60. The largest absolute Gasteiger partial charge is 0.313 e. The van der Waals surface area contributed by atoms with Gasteiger partial charge in [0.2, 0.25) is 0 Å². The SMILES string of the molecule is Cc1nn(C)c(CC(Br)C2CC2)c1[N+](=O)[O-]. The molecule has 0 bridgehead atoms. The lowest BCUT2D eigenvalue weighted by atomic mass is 10.1. The third-order valence-corrected chi connectivity index (χ3v) is 4.08. The molecule has 0 radical (unpaired) electrons. The number of aryl methyl sites for hydroxylation is 2. The second-order valence-electron chi connectivity index (χ2n) is 4.32. The third kappa shape index (κ3) is 2.11. The Morgan fingerprint density at radius 3 is 2.81 bits per heavy atom. The van der Waals surface area contributed by atoms with Crippen LogP contribution in [0.15, 0.2) is 0 Å². The van der Waals surface area contributed by atoms with Crippen LogP contribution in [0.3, 0.4) is 0 Å². The molecule has 0 aliphatic heterocycles. The zero-order valence-electron chi connectivity index (χ0n) is 9.31. The minimum atomic E-state index is -0.329. The van der Waals surface area contributed by atoms with Crippen LogP contribution in [-0.4, -0.2) is 19.5 Å². The summed E-state index contributed by atoms with van der Waals surface area (Å²) in [5.41, 5.74) is 1.39. The molecular formula is C10H14BrN3O2. The maximum Gasteiger partial charge on any atom is 0.313 e. The molecule has 6 heteroatoms. The molecule has 2 rings (SSSR count). The van der Waals surface area contributed by atoms with Crippen molar-refractivity contribution in [2.75, 3.05) is 0 Å². The maximum absolute atomic E-state index is 11.0. The highest BCUT2D eigenvalue weighted by atomic mass is 79.9. The molecule has 0 N–H and O–H groups in total. The first kappa shape index (κ1) is 11.6. The van der Waals surface area contributed by atoms with Gasteiger partial charge in [0.15, 0.2) is 0 Å². The standard InChI is InChI=1S/C10H14BrN3O2/c1-6-10(14(15)16)9(13(2)12-6)5-8(11)7-3-4-7/h7-8H,3-5H2,1-2H3. The third-order valence-electron chi connectivity index (χ3n) is 3.01. The average Bonchev–Trinajstić information content (AvgIpc) is 2.95. The van der Waals surface area contributed by atoms with Crippen molar-refractivity contribution in [3.05, 3.63) is 21.5 Å². The van der Waals surface area contributed by atoms with Crippen molar-refractivity contribution in [1.29, 1.82) is 0 Å². The van der Waals surface area contributed by atoms with E-state index in [0.717, 1.165) is 5.69 Å². The first-order valence-corrected chi connectivity index (χ1v) is 6.23. The van der Waals surface area contributed by atoms with E-state index in [1.165, 1.54) is 12.8 Å². The molecule has 0 aromatic carbocycles. The molecule has 1 atom stereocenters. The smallest absolute Gasteiger partial charge is 0.265 e. The predicted molar refractivity (Wildman–Crippen MR) is 63.7 cm³/mol. The van der Waals surface area contributed by atoms with E-state index in [1.54, 1.807) is 18.7 Å². The van der Waals surface area contributed by atoms with E-state index in [9.17, 15) is 10.1 Å². The van der Waals surface area contributed by atoms with E-state index < -0.39 is 0 Å². The van der Waals surface area contributed by atoms with Gasteiger partial charge >= 0.3 is 5.69 Å². The van der Waals surface area contributed by atoms with E-state index in [-0.39, 0.29) is 10.6 Å². The van der Waals surface area contributed by atoms with Crippen molar-refractivity contribution >= 4 is 21.6 Å². The van der Waals surface area contributed by atoms with Gasteiger partial charge in [0, 0.05) is 18.3 Å². The predicted octanol–water partition coefficient (Wildman–Crippen LogP) is 2.35. The summed E-state index contributed by atoms with van der Waals surface area (Å²) in [5.74, 6) is 0.676. The van der Waals surface area contributed by atoms with Crippen molar-refractivity contribution < 1.29 is 4.92 Å². The number of nitro groups is 1. The van der Waals surface area contributed by atoms with Crippen molar-refractivity contribution in [1.82, 2.24) is 9.78 Å². The van der Waals surface area contributed by atoms with Gasteiger partial charge in [0.25, 0.3) is 0 Å². The average molecular weight is 288 g/mol. The number of aromatic nitrogens is 2. The summed E-state index contributed by atoms with van der Waals surface area (Å²) in [6.07, 6.45) is 3.12. The summed E-state index contributed by atoms with van der Waals surface area (Å²) in [7, 11) is 1.77. The van der Waals surface area contributed by atoms with Crippen molar-refractivity contribution in [2.45, 2.75) is 31.0 Å². The van der Waals surface area contributed by atoms with E-state index in [1.807, 2.05) is 0 Å². The summed E-state index contributed by atoms with van der Waals surface area (Å²) < 4.78 is 1.63. The Kier molecular flexibility index (Phi) is 3.01. The number of hydrogen-bond donors (Lipinski definition) is 0. The summed E-state index contributed by atoms with van der Waals surface area (Å²) in [6.45, 7) is 1.68. The number of halogens is 1. The summed E-state index contributed by atoms with van der Waals surface area (Å²) in [6, 6.07) is 0. The monoisotopic (exact) mass is 287 g/mol. The minimum absolute atomic E-state index is 0.174. The van der Waals surface area contributed by atoms with E-state index in [2.05, 4.69) is 21.0 Å². The summed E-state index contributed by atoms with van der Waals surface area (Å²) in [4.78, 5) is 11.0. The van der Waals surface area contributed by atoms with Crippen LogP contribution in [0.2, 0.25) is 0 Å². The molecule has 1 saturated carbocycles. The first-order chi connectivity index (χ1) is 7.50. The second kappa shape index (κ2) is 4.16. The lowest BCUT2D eigenvalue weighted by molar-refractivity contribution is -0.386. The Morgan fingerprint density at radius 1 is 1.69 bits per heavy atom. The van der Waals surface area contributed by atoms with Gasteiger partial charge in [-0.25, -0.2) is 0 Å². The van der Waals surface area contributed by atoms with Crippen molar-refractivity contribution in [3.8, 4) is 0 Å². The van der Waals surface area contributed by atoms with E-state index in [0.29, 0.717) is 22.9 Å². The molecule has 16 heavy (non-hydrogen) atoms. The zero-order valence-corrected chi connectivity index (χ0v) is 10.9. The molecule has 1 aliphatic carbocycles. The van der Waals surface area contributed by atoms with Gasteiger partial charge in [-0.05, 0) is 25.7 Å². The minimum Gasteiger partial charge on any atom is -0.265 e. The molecule has 1 aromatic heterocycles. The lowest BCUT2D eigenvalue weighted by Gasteiger charge is -2.07. The highest BCUT2D eigenvalue weighted by molar-refractivity contribution is 9.09. The molecule has 1 aliphatic rings. The van der Waals surface area contributed by atoms with Gasteiger partial charge in [-0.1, -0.05) is 15.9 Å². The summed E-state index contributed by atoms with van der Waals surface area (Å²) in [5, 5.41) is 15.1. The number of alkyl halides is 1. The van der Waals surface area contributed by atoms with Gasteiger partial charge < -0.3 is 0 Å². The highest BCUT2D eigenvalue weighted by Gasteiger charge is 2.33. The fraction of sp³-hybridized carbons (Fsp3) is 0.700. The van der Waals surface area contributed by atoms with Crippen LogP contribution >= 0.6 is 15.9 Å². The molecule has 0 saturated heterocycles. The zero-order chi connectivity index (χ0) is 11.9. The van der Waals surface area contributed by atoms with E-state index >= 15 is 0 Å². The quantitative estimate of drug-likeness (QED) is 0.485. The normalized spacial score (nSPS) is 17.4. The van der Waals surface area contributed by atoms with Crippen LogP contribution in [0.1, 0.15) is 24.2 Å². The van der Waals surface area contributed by atoms with Gasteiger partial charge in [0.05, 0.1) is 4.92 Å². The van der Waals surface area contributed by atoms with Crippen LogP contribution in [-0.2, 0) is 13.5 Å². The Morgan fingerprint density at radius 2 is 2.31 bits per heavy atom. The Bertz CT molecular complexity index is 426. The topological polar surface area (TPSA) is 61.0 Å². The molecule has 88 valence electrons. The van der Waals surface area contributed by atoms with Gasteiger partial charge in [-0.2, -0.15) is 5.10 Å². The fourth-order valence-electron chi connectivity index (χ4n) is 1.97. The molecule has 0 amide bonds. The Labute approximate surface area is 102 Å². The van der Waals surface area contributed by atoms with Crippen LogP contribution < -0.4 is 0 Å². The fourth-order valence-corrected chi connectivity index (χ4v) is 2.81. The first-order valence-electron chi connectivity index (χ1n) is 5.31. The molecule has 1 unspecified atom stereocenters. The molecule has 1 fully saturated rings. The Balaban J connectivity index is 2.27. The molecule has 1 aromatic rings. The molecular weight excluding hydrogens is 274 g/mol. The van der Waals surface area contributed by atoms with Crippen LogP contribution in [0.5, 0.6) is 0 Å². The number of nitrogens with zero attached hydrogens (tertiary/aromatic N) is 3. The van der Waals surface area contributed by atoms with Crippen LogP contribution in [0.4, 0.5) is 5.69 Å². The number of rotatable bonds is 4. The van der Waals surface area contributed by atoms with Crippen molar-refractivity contribution in [3.63, 3.8) is 0 Å². The van der Waals surface area contributed by atoms with Gasteiger partial charge in [0.1, 0.15) is 11.4 Å². The highest BCUT2D eigenvalue weighted by Crippen LogP contribution is 2.39. The van der Waals surface area contributed by atoms with Crippen LogP contribution in [0.25, 0.3) is 0 Å². The second-order valence-corrected chi connectivity index (χ2v) is 5.50.